The minimum Gasteiger partial charge on any atom is -0.310 e. The van der Waals surface area contributed by atoms with E-state index in [4.69, 9.17) is 0 Å². The van der Waals surface area contributed by atoms with Gasteiger partial charge in [-0.15, -0.1) is 0 Å². The van der Waals surface area contributed by atoms with Crippen LogP contribution < -0.4 is 26.2 Å². The lowest BCUT2D eigenvalue weighted by molar-refractivity contribution is 0.590. The predicted molar refractivity (Wildman–Crippen MR) is 407 cm³/mol. The lowest BCUT2D eigenvalue weighted by Crippen LogP contribution is -2.61. The molecule has 0 radical (unpaired) electrons. The van der Waals surface area contributed by atoms with Crippen molar-refractivity contribution in [2.45, 2.75) is 78.6 Å². The molecule has 0 saturated heterocycles. The summed E-state index contributed by atoms with van der Waals surface area (Å²) in [6.45, 7) is 11.7. The molecule has 4 nitrogen and oxygen atoms in total. The highest BCUT2D eigenvalue weighted by molar-refractivity contribution is 7.00. The molecule has 0 unspecified atom stereocenters. The first kappa shape index (κ1) is 58.0. The van der Waals surface area contributed by atoms with Gasteiger partial charge in [0.25, 0.3) is 6.71 Å². The first-order valence-corrected chi connectivity index (χ1v) is 34.3. The van der Waals surface area contributed by atoms with Gasteiger partial charge in [0, 0.05) is 66.8 Å². The van der Waals surface area contributed by atoms with E-state index in [0.29, 0.717) is 0 Å². The third-order valence-electron chi connectivity index (χ3n) is 20.4. The maximum atomic E-state index is 2.75. The number of benzene rings is 13. The topological polar surface area (TPSA) is 16.3 Å². The van der Waals surface area contributed by atoms with Gasteiger partial charge in [-0.05, 0) is 170 Å². The van der Waals surface area contributed by atoms with E-state index in [-0.39, 0.29) is 12.1 Å². The Hall–Kier alpha value is -10.9. The Morgan fingerprint density at radius 2 is 0.705 bits per heavy atom. The molecule has 0 spiro atoms. The molecule has 0 fully saturated rings. The van der Waals surface area contributed by atoms with Crippen LogP contribution in [-0.2, 0) is 18.3 Å². The molecule has 4 heterocycles. The average molecular weight is 1220 g/mol. The van der Waals surface area contributed by atoms with Gasteiger partial charge in [-0.2, -0.15) is 0 Å². The average Bonchev–Trinajstić information content (AvgIpc) is 0.843. The largest absolute Gasteiger partial charge is 0.310 e. The summed E-state index contributed by atoms with van der Waals surface area (Å²) in [7, 11) is 0. The maximum absolute atomic E-state index is 2.75. The molecule has 0 aliphatic carbocycles. The zero-order valence-corrected chi connectivity index (χ0v) is 54.8. The molecule has 5 heteroatoms. The molecular weight excluding hydrogens is 1150 g/mol. The number of hydrogen-bond acceptors (Lipinski definition) is 2. The van der Waals surface area contributed by atoms with E-state index in [2.05, 4.69) is 345 Å². The zero-order chi connectivity index (χ0) is 63.9. The summed E-state index contributed by atoms with van der Waals surface area (Å²) < 4.78 is 5.06. The van der Waals surface area contributed by atoms with Crippen molar-refractivity contribution < 1.29 is 0 Å². The number of aromatic nitrogens is 2. The van der Waals surface area contributed by atoms with Gasteiger partial charge in [-0.1, -0.05) is 266 Å². The van der Waals surface area contributed by atoms with Gasteiger partial charge in [0.2, 0.25) is 0 Å². The Labute approximate surface area is 558 Å². The van der Waals surface area contributed by atoms with Crippen LogP contribution in [0.1, 0.15) is 77.0 Å². The van der Waals surface area contributed by atoms with Crippen molar-refractivity contribution in [2.24, 2.45) is 0 Å². The fourth-order valence-corrected chi connectivity index (χ4v) is 15.8. The molecule has 17 rings (SSSR count). The van der Waals surface area contributed by atoms with Crippen LogP contribution in [0.5, 0.6) is 0 Å². The second kappa shape index (κ2) is 23.6. The highest BCUT2D eigenvalue weighted by Crippen LogP contribution is 2.53. The van der Waals surface area contributed by atoms with Crippen LogP contribution in [0, 0.1) is 0 Å². The first-order valence-electron chi connectivity index (χ1n) is 34.3. The summed E-state index contributed by atoms with van der Waals surface area (Å²) in [4.78, 5) is 5.50. The Bertz CT molecular complexity index is 5110. The summed E-state index contributed by atoms with van der Waals surface area (Å²) >= 11 is 0. The van der Waals surface area contributed by atoms with Gasteiger partial charge in [0.1, 0.15) is 0 Å². The van der Waals surface area contributed by atoms with E-state index in [1.54, 1.807) is 0 Å². The van der Waals surface area contributed by atoms with Gasteiger partial charge < -0.3 is 18.9 Å². The van der Waals surface area contributed by atoms with Crippen LogP contribution in [0.15, 0.2) is 291 Å². The minimum absolute atomic E-state index is 0.154. The van der Waals surface area contributed by atoms with Gasteiger partial charge in [0.15, 0.2) is 0 Å². The quantitative estimate of drug-likeness (QED) is 0.101. The first-order chi connectivity index (χ1) is 46.7. The molecule has 0 bridgehead atoms. The Morgan fingerprint density at radius 3 is 1.12 bits per heavy atom. The van der Waals surface area contributed by atoms with E-state index >= 15 is 0 Å². The molecule has 95 heavy (non-hydrogen) atoms. The maximum Gasteiger partial charge on any atom is 0.252 e. The number of anilines is 6. The smallest absolute Gasteiger partial charge is 0.252 e. The number of aryl methyl sites for hydroxylation is 2. The lowest BCUT2D eigenvalue weighted by atomic mass is 9.33. The molecular formula is C90H75BN4. The second-order valence-corrected chi connectivity index (χ2v) is 27.2. The van der Waals surface area contributed by atoms with Crippen LogP contribution in [-0.4, -0.2) is 15.8 Å². The van der Waals surface area contributed by atoms with E-state index in [0.717, 1.165) is 49.9 Å². The summed E-state index contributed by atoms with van der Waals surface area (Å²) in [5.74, 6) is 0. The highest BCUT2D eigenvalue weighted by Gasteiger charge is 2.46. The summed E-state index contributed by atoms with van der Waals surface area (Å²) in [6, 6.07) is 111. The molecule has 0 amide bonds. The Balaban J connectivity index is 0.997. The number of unbranched alkanes of at least 4 members (excludes halogenated alkanes) is 2. The zero-order valence-electron chi connectivity index (χ0n) is 54.8. The van der Waals surface area contributed by atoms with Crippen molar-refractivity contribution in [2.75, 3.05) is 9.80 Å². The number of hydrogen-bond donors (Lipinski definition) is 0. The number of nitrogens with zero attached hydrogens (tertiary/aromatic N) is 4. The van der Waals surface area contributed by atoms with Crippen LogP contribution >= 0.6 is 0 Å². The van der Waals surface area contributed by atoms with Crippen molar-refractivity contribution in [3.63, 3.8) is 0 Å². The van der Waals surface area contributed by atoms with E-state index in [9.17, 15) is 0 Å². The summed E-state index contributed by atoms with van der Waals surface area (Å²) in [5, 5.41) is 4.96. The SMILES string of the molecule is CCCCc1cccc(-c2ccccc2)c1N1c2cc(-n3c4ccccc4c4cc(-c5ccccc5)ccc43)ccc2B2c3ccc(-n4c5ccccc5c5cc(-c6ccccc6)ccc54)cc3N(c3c(CCCC)cccc3-c3ccccc3)c3cc(C(C)(C)C)cc1c32. The molecule has 13 aromatic carbocycles. The van der Waals surface area contributed by atoms with Crippen LogP contribution in [0.2, 0.25) is 0 Å². The van der Waals surface area contributed by atoms with Gasteiger partial charge >= 0.3 is 0 Å². The molecule has 15 aromatic rings. The molecule has 0 N–H and O–H groups in total. The normalized spacial score (nSPS) is 12.7. The lowest BCUT2D eigenvalue weighted by Gasteiger charge is -2.46. The van der Waals surface area contributed by atoms with Gasteiger partial charge in [-0.25, -0.2) is 0 Å². The third kappa shape index (κ3) is 9.73. The van der Waals surface area contributed by atoms with Crippen molar-refractivity contribution in [3.8, 4) is 55.9 Å². The number of fused-ring (bicyclic) bond motifs is 10. The standard InChI is InChI=1S/C90H75BN4/c1-6-8-28-64-38-26-42-71(62-34-18-12-19-35-62)88(64)94-83-58-69(92-79-44-24-22-40-73(79)75-54-66(46-52-81(75)92)60-30-14-10-15-31-60)48-50-77(83)91-78-51-49-70(93-80-45-25-23-41-74(80)76-55-67(47-53-82(76)93)61-32-16-11-17-33-61)59-84(78)95(86-57-68(90(3,4)5)56-85(94)87(86)91)89-65(29-9-7-2)39-27-43-72(89)63-36-20-13-21-37-63/h10-27,30-59H,6-9,28-29H2,1-5H3. The fourth-order valence-electron chi connectivity index (χ4n) is 15.8. The minimum atomic E-state index is -0.250. The number of rotatable bonds is 14. The molecule has 458 valence electrons. The summed E-state index contributed by atoms with van der Waals surface area (Å²) in [5.41, 5.74) is 31.6. The summed E-state index contributed by atoms with van der Waals surface area (Å²) in [6.07, 6.45) is 6.20. The molecule has 0 saturated carbocycles. The molecule has 2 aliphatic rings. The Kier molecular flexibility index (Phi) is 14.4. The van der Waals surface area contributed by atoms with E-state index < -0.39 is 0 Å². The molecule has 0 atom stereocenters. The second-order valence-electron chi connectivity index (χ2n) is 27.2. The van der Waals surface area contributed by atoms with Crippen LogP contribution in [0.25, 0.3) is 99.5 Å². The predicted octanol–water partition coefficient (Wildman–Crippen LogP) is 22.6. The van der Waals surface area contributed by atoms with Crippen LogP contribution in [0.3, 0.4) is 0 Å². The fraction of sp³-hybridized carbons (Fsp3) is 0.133. The third-order valence-corrected chi connectivity index (χ3v) is 20.4. The Morgan fingerprint density at radius 1 is 0.316 bits per heavy atom. The van der Waals surface area contributed by atoms with E-state index in [1.165, 1.54) is 155 Å². The van der Waals surface area contributed by atoms with Crippen molar-refractivity contribution in [1.82, 2.24) is 9.13 Å². The van der Waals surface area contributed by atoms with Crippen molar-refractivity contribution >= 4 is 101 Å². The van der Waals surface area contributed by atoms with Gasteiger partial charge in [0.05, 0.1) is 33.4 Å². The van der Waals surface area contributed by atoms with E-state index in [1.807, 2.05) is 0 Å². The molecule has 2 aromatic heterocycles. The van der Waals surface area contributed by atoms with Crippen LogP contribution in [0.4, 0.5) is 34.1 Å². The van der Waals surface area contributed by atoms with Crippen molar-refractivity contribution in [3.05, 3.63) is 308 Å². The molecule has 2 aliphatic heterocycles. The van der Waals surface area contributed by atoms with Gasteiger partial charge in [-0.3, -0.25) is 0 Å². The monoisotopic (exact) mass is 1220 g/mol. The number of para-hydroxylation sites is 4. The van der Waals surface area contributed by atoms with Crippen molar-refractivity contribution in [1.29, 1.82) is 0 Å². The highest BCUT2D eigenvalue weighted by atomic mass is 15.2.